The van der Waals surface area contributed by atoms with Gasteiger partial charge in [0, 0.05) is 6.42 Å². The fraction of sp³-hybridized carbons (Fsp3) is 0.500. The van der Waals surface area contributed by atoms with Crippen LogP contribution in [0.3, 0.4) is 0 Å². The molecule has 0 aromatic rings. The molecule has 1 unspecified atom stereocenters. The van der Waals surface area contributed by atoms with Crippen molar-refractivity contribution in [2.45, 2.75) is 11.7 Å². The van der Waals surface area contributed by atoms with Crippen molar-refractivity contribution in [3.63, 3.8) is 0 Å². The summed E-state index contributed by atoms with van der Waals surface area (Å²) in [4.78, 5) is 20.7. The first-order valence-corrected chi connectivity index (χ1v) is 4.39. The molecular formula is C4H8N2O2S2. The quantitative estimate of drug-likeness (QED) is 0.395. The van der Waals surface area contributed by atoms with Crippen LogP contribution >= 0.6 is 22.5 Å². The molecule has 0 heterocycles. The fourth-order valence-corrected chi connectivity index (χ4v) is 1.25. The van der Waals surface area contributed by atoms with Crippen LogP contribution in [0.2, 0.25) is 0 Å². The maximum absolute atomic E-state index is 10.4. The van der Waals surface area contributed by atoms with Crippen molar-refractivity contribution in [3.8, 4) is 0 Å². The molecule has 4 N–H and O–H groups in total. The summed E-state index contributed by atoms with van der Waals surface area (Å²) in [5.74, 6) is -1.12. The van der Waals surface area contributed by atoms with Crippen LogP contribution in [0.1, 0.15) is 6.42 Å². The number of hydrogen-bond acceptors (Lipinski definition) is 4. The number of carbonyl (C=O) groups is 2. The summed E-state index contributed by atoms with van der Waals surface area (Å²) in [5.41, 5.74) is 9.69. The molecule has 0 aromatic carbocycles. The zero-order valence-corrected chi connectivity index (χ0v) is 6.82. The highest BCUT2D eigenvalue weighted by Gasteiger charge is 2.16. The lowest BCUT2D eigenvalue weighted by Gasteiger charge is -2.04. The van der Waals surface area contributed by atoms with Gasteiger partial charge in [-0.2, -0.15) is 0 Å². The number of nitrogens with two attached hydrogens (primary N) is 2. The lowest BCUT2D eigenvalue weighted by molar-refractivity contribution is -0.122. The number of amides is 2. The minimum Gasteiger partial charge on any atom is -0.370 e. The number of carbonyl (C=O) groups excluding carboxylic acids is 2. The summed E-state index contributed by atoms with van der Waals surface area (Å²) >= 11 is 3.74. The van der Waals surface area contributed by atoms with E-state index in [2.05, 4.69) is 11.7 Å². The molecule has 0 aliphatic rings. The first-order chi connectivity index (χ1) is 4.57. The van der Waals surface area contributed by atoms with E-state index in [-0.39, 0.29) is 6.42 Å². The molecule has 0 aliphatic carbocycles. The van der Waals surface area contributed by atoms with Crippen LogP contribution in [-0.4, -0.2) is 17.1 Å². The molecule has 4 nitrogen and oxygen atoms in total. The number of primary amides is 2. The van der Waals surface area contributed by atoms with Crippen LogP contribution in [0.25, 0.3) is 0 Å². The topological polar surface area (TPSA) is 86.2 Å². The van der Waals surface area contributed by atoms with Crippen LogP contribution in [0.15, 0.2) is 0 Å². The third-order valence-electron chi connectivity index (χ3n) is 0.831. The SMILES string of the molecule is NC(=O)CC(SS)C(N)=O. The average molecular weight is 180 g/mol. The normalized spacial score (nSPS) is 12.5. The molecule has 0 saturated carbocycles. The van der Waals surface area contributed by atoms with Crippen molar-refractivity contribution >= 4 is 34.3 Å². The Bertz CT molecular complexity index is 150. The van der Waals surface area contributed by atoms with E-state index in [9.17, 15) is 9.59 Å². The highest BCUT2D eigenvalue weighted by molar-refractivity contribution is 8.69. The second-order valence-electron chi connectivity index (χ2n) is 1.67. The molecule has 1 atom stereocenters. The maximum Gasteiger partial charge on any atom is 0.231 e. The van der Waals surface area contributed by atoms with E-state index in [1.165, 1.54) is 0 Å². The van der Waals surface area contributed by atoms with Gasteiger partial charge in [0.2, 0.25) is 11.8 Å². The lowest BCUT2D eigenvalue weighted by Crippen LogP contribution is -2.29. The number of hydrogen-bond donors (Lipinski definition) is 3. The number of rotatable bonds is 4. The Kier molecular flexibility index (Phi) is 4.29. The van der Waals surface area contributed by atoms with E-state index in [4.69, 9.17) is 11.5 Å². The minimum atomic E-state index is -0.610. The summed E-state index contributed by atoms with van der Waals surface area (Å²) in [6, 6.07) is 0. The largest absolute Gasteiger partial charge is 0.370 e. The molecule has 0 saturated heterocycles. The van der Waals surface area contributed by atoms with Crippen LogP contribution < -0.4 is 11.5 Å². The van der Waals surface area contributed by atoms with Gasteiger partial charge in [-0.1, -0.05) is 10.8 Å². The Hall–Kier alpha value is -0.360. The van der Waals surface area contributed by atoms with Gasteiger partial charge in [-0.25, -0.2) is 0 Å². The van der Waals surface area contributed by atoms with Crippen molar-refractivity contribution in [2.75, 3.05) is 0 Å². The molecule has 0 radical (unpaired) electrons. The zero-order valence-electron chi connectivity index (χ0n) is 5.11. The third-order valence-corrected chi connectivity index (χ3v) is 2.25. The summed E-state index contributed by atoms with van der Waals surface area (Å²) < 4.78 is 0. The smallest absolute Gasteiger partial charge is 0.231 e. The fourth-order valence-electron chi connectivity index (χ4n) is 0.373. The van der Waals surface area contributed by atoms with E-state index in [0.717, 1.165) is 10.8 Å². The monoisotopic (exact) mass is 180 g/mol. The van der Waals surface area contributed by atoms with Crippen molar-refractivity contribution in [2.24, 2.45) is 11.5 Å². The predicted molar refractivity (Wildman–Crippen MR) is 43.4 cm³/mol. The standard InChI is InChI=1S/C4H8N2O2S2/c5-3(7)1-2(10-9)4(6)8/h2,9H,1H2,(H2,5,7)(H2,6,8). The molecule has 0 fully saturated rings. The lowest BCUT2D eigenvalue weighted by atomic mass is 10.3. The summed E-state index contributed by atoms with van der Waals surface area (Å²) in [5, 5.41) is -0.610. The molecule has 10 heavy (non-hydrogen) atoms. The second-order valence-corrected chi connectivity index (χ2v) is 3.08. The van der Waals surface area contributed by atoms with Gasteiger partial charge >= 0.3 is 0 Å². The first kappa shape index (κ1) is 9.64. The summed E-state index contributed by atoms with van der Waals surface area (Å²) in [7, 11) is 0.925. The highest BCUT2D eigenvalue weighted by atomic mass is 33.1. The van der Waals surface area contributed by atoms with Crippen LogP contribution in [0.5, 0.6) is 0 Å². The average Bonchev–Trinajstić information content (AvgIpc) is 1.81. The minimum absolute atomic E-state index is 0.0521. The van der Waals surface area contributed by atoms with E-state index >= 15 is 0 Å². The van der Waals surface area contributed by atoms with E-state index in [0.29, 0.717) is 0 Å². The maximum atomic E-state index is 10.4. The van der Waals surface area contributed by atoms with E-state index < -0.39 is 17.1 Å². The van der Waals surface area contributed by atoms with Gasteiger partial charge in [0.05, 0.1) is 0 Å². The first-order valence-electron chi connectivity index (χ1n) is 2.45. The molecule has 0 spiro atoms. The van der Waals surface area contributed by atoms with Crippen molar-refractivity contribution in [1.82, 2.24) is 0 Å². The molecule has 58 valence electrons. The second kappa shape index (κ2) is 4.45. The van der Waals surface area contributed by atoms with Crippen molar-refractivity contribution in [1.29, 1.82) is 0 Å². The van der Waals surface area contributed by atoms with Gasteiger partial charge in [-0.15, -0.1) is 11.7 Å². The summed E-state index contributed by atoms with van der Waals surface area (Å²) in [6.07, 6.45) is -0.0521. The van der Waals surface area contributed by atoms with Crippen LogP contribution in [0.4, 0.5) is 0 Å². The van der Waals surface area contributed by atoms with E-state index in [1.54, 1.807) is 0 Å². The zero-order chi connectivity index (χ0) is 8.15. The molecule has 0 rings (SSSR count). The highest BCUT2D eigenvalue weighted by Crippen LogP contribution is 2.17. The Labute approximate surface area is 67.5 Å². The van der Waals surface area contributed by atoms with Gasteiger partial charge in [0.1, 0.15) is 5.25 Å². The number of thiol groups is 1. The Morgan fingerprint density at radius 3 is 2.10 bits per heavy atom. The Balaban J connectivity index is 3.83. The summed E-state index contributed by atoms with van der Waals surface area (Å²) in [6.45, 7) is 0. The molecule has 0 aliphatic heterocycles. The van der Waals surface area contributed by atoms with Gasteiger partial charge in [0.15, 0.2) is 0 Å². The third kappa shape index (κ3) is 3.62. The van der Waals surface area contributed by atoms with E-state index in [1.807, 2.05) is 0 Å². The molecule has 0 aromatic heterocycles. The molecule has 6 heteroatoms. The van der Waals surface area contributed by atoms with Crippen molar-refractivity contribution < 1.29 is 9.59 Å². The molecular weight excluding hydrogens is 172 g/mol. The Morgan fingerprint density at radius 2 is 2.00 bits per heavy atom. The molecule has 2 amide bonds. The van der Waals surface area contributed by atoms with Gasteiger partial charge in [-0.05, 0) is 0 Å². The van der Waals surface area contributed by atoms with Crippen LogP contribution in [0, 0.1) is 0 Å². The van der Waals surface area contributed by atoms with Crippen molar-refractivity contribution in [3.05, 3.63) is 0 Å². The predicted octanol–water partition coefficient (Wildman–Crippen LogP) is -0.706. The Morgan fingerprint density at radius 1 is 1.50 bits per heavy atom. The van der Waals surface area contributed by atoms with Gasteiger partial charge < -0.3 is 11.5 Å². The van der Waals surface area contributed by atoms with Gasteiger partial charge in [0.25, 0.3) is 0 Å². The molecule has 0 bridgehead atoms. The van der Waals surface area contributed by atoms with Crippen LogP contribution in [-0.2, 0) is 9.59 Å². The van der Waals surface area contributed by atoms with Gasteiger partial charge in [-0.3, -0.25) is 9.59 Å².